The maximum absolute atomic E-state index is 12.8. The normalized spacial score (nSPS) is 10.3. The van der Waals surface area contributed by atoms with Crippen LogP contribution in [0.4, 0.5) is 17.1 Å². The van der Waals surface area contributed by atoms with E-state index < -0.39 is 51.1 Å². The molecule has 35 heavy (non-hydrogen) atoms. The largest absolute Gasteiger partial charge is 0.452 e. The van der Waals surface area contributed by atoms with Crippen molar-refractivity contribution in [2.45, 2.75) is 6.92 Å². The van der Waals surface area contributed by atoms with E-state index in [0.717, 1.165) is 12.1 Å². The van der Waals surface area contributed by atoms with Gasteiger partial charge in [-0.15, -0.1) is 0 Å². The number of ketones is 1. The zero-order valence-electron chi connectivity index (χ0n) is 18.0. The number of esters is 1. The molecule has 0 saturated carbocycles. The summed E-state index contributed by atoms with van der Waals surface area (Å²) in [6, 6.07) is 14.2. The molecule has 1 amide bonds. The lowest BCUT2D eigenvalue weighted by atomic mass is 10.0. The molecule has 3 aromatic rings. The second-order valence-electron chi connectivity index (χ2n) is 7.16. The molecular weight excluding hydrogens is 482 g/mol. The number of nitro groups is 2. The van der Waals surface area contributed by atoms with E-state index in [9.17, 15) is 34.6 Å². The summed E-state index contributed by atoms with van der Waals surface area (Å²) in [4.78, 5) is 58.2. The van der Waals surface area contributed by atoms with Gasteiger partial charge in [0.2, 0.25) is 0 Å². The van der Waals surface area contributed by atoms with Crippen molar-refractivity contribution in [2.75, 3.05) is 11.9 Å². The fourth-order valence-corrected chi connectivity index (χ4v) is 3.31. The summed E-state index contributed by atoms with van der Waals surface area (Å²) in [5.74, 6) is -2.40. The standard InChI is InChI=1S/C23H16ClN3O8/c1-13-19(26(31)32)9-15(10-20(13)27(33)34)23(30)35-12-21(28)25-18-8-7-16(24)11-17(18)22(29)14-5-3-2-4-6-14/h2-11H,12H2,1H3,(H,25,28). The number of amides is 1. The van der Waals surface area contributed by atoms with E-state index in [0.29, 0.717) is 5.56 Å². The Kier molecular flexibility index (Phi) is 7.52. The van der Waals surface area contributed by atoms with Gasteiger partial charge in [0.15, 0.2) is 12.4 Å². The van der Waals surface area contributed by atoms with Crippen molar-refractivity contribution in [3.05, 3.63) is 108 Å². The van der Waals surface area contributed by atoms with Crippen LogP contribution in [0.5, 0.6) is 0 Å². The Morgan fingerprint density at radius 2 is 1.51 bits per heavy atom. The van der Waals surface area contributed by atoms with Gasteiger partial charge in [-0.3, -0.25) is 29.8 Å². The van der Waals surface area contributed by atoms with Crippen molar-refractivity contribution in [3.63, 3.8) is 0 Å². The summed E-state index contributed by atoms with van der Waals surface area (Å²) in [6.45, 7) is 0.356. The fourth-order valence-electron chi connectivity index (χ4n) is 3.14. The maximum atomic E-state index is 12.8. The first-order valence-electron chi connectivity index (χ1n) is 9.88. The van der Waals surface area contributed by atoms with Crippen LogP contribution in [0.1, 0.15) is 31.8 Å². The molecular formula is C23H16ClN3O8. The van der Waals surface area contributed by atoms with E-state index >= 15 is 0 Å². The van der Waals surface area contributed by atoms with Crippen molar-refractivity contribution in [1.29, 1.82) is 0 Å². The molecule has 3 rings (SSSR count). The number of halogens is 1. The highest BCUT2D eigenvalue weighted by atomic mass is 35.5. The first-order chi connectivity index (χ1) is 16.6. The average Bonchev–Trinajstić information content (AvgIpc) is 2.83. The summed E-state index contributed by atoms with van der Waals surface area (Å²) in [5.41, 5.74) is -1.39. The van der Waals surface area contributed by atoms with Crippen molar-refractivity contribution in [2.24, 2.45) is 0 Å². The lowest BCUT2D eigenvalue weighted by Crippen LogP contribution is -2.22. The van der Waals surface area contributed by atoms with Gasteiger partial charge in [-0.05, 0) is 25.1 Å². The maximum Gasteiger partial charge on any atom is 0.339 e. The molecule has 0 atom stereocenters. The molecule has 0 saturated heterocycles. The highest BCUT2D eigenvalue weighted by Gasteiger charge is 2.26. The number of nitro benzene ring substituents is 2. The second kappa shape index (κ2) is 10.5. The summed E-state index contributed by atoms with van der Waals surface area (Å²) in [6.07, 6.45) is 0. The lowest BCUT2D eigenvalue weighted by molar-refractivity contribution is -0.395. The van der Waals surface area contributed by atoms with Gasteiger partial charge in [0, 0.05) is 28.3 Å². The van der Waals surface area contributed by atoms with Crippen LogP contribution in [-0.2, 0) is 9.53 Å². The number of rotatable bonds is 8. The number of nitrogens with one attached hydrogen (secondary N) is 1. The van der Waals surface area contributed by atoms with Crippen LogP contribution in [0, 0.1) is 27.2 Å². The first-order valence-corrected chi connectivity index (χ1v) is 10.3. The van der Waals surface area contributed by atoms with Gasteiger partial charge in [-0.1, -0.05) is 41.9 Å². The number of carbonyl (C=O) groups excluding carboxylic acids is 3. The molecule has 0 spiro atoms. The number of anilines is 1. The Morgan fingerprint density at radius 1 is 0.914 bits per heavy atom. The van der Waals surface area contributed by atoms with E-state index in [1.165, 1.54) is 25.1 Å². The highest BCUT2D eigenvalue weighted by molar-refractivity contribution is 6.31. The fraction of sp³-hybridized carbons (Fsp3) is 0.0870. The Balaban J connectivity index is 1.76. The van der Waals surface area contributed by atoms with Gasteiger partial charge >= 0.3 is 5.97 Å². The molecule has 0 unspecified atom stereocenters. The molecule has 12 heteroatoms. The predicted molar refractivity (Wildman–Crippen MR) is 125 cm³/mol. The van der Waals surface area contributed by atoms with E-state index in [2.05, 4.69) is 5.32 Å². The van der Waals surface area contributed by atoms with E-state index in [1.807, 2.05) is 0 Å². The zero-order valence-corrected chi connectivity index (χ0v) is 18.8. The molecule has 0 aliphatic carbocycles. The van der Waals surface area contributed by atoms with E-state index in [4.69, 9.17) is 16.3 Å². The molecule has 1 N–H and O–H groups in total. The van der Waals surface area contributed by atoms with Gasteiger partial charge in [0.1, 0.15) is 5.56 Å². The zero-order chi connectivity index (χ0) is 25.7. The minimum atomic E-state index is -1.18. The molecule has 0 fully saturated rings. The van der Waals surface area contributed by atoms with Gasteiger partial charge in [0.05, 0.1) is 21.1 Å². The van der Waals surface area contributed by atoms with Crippen molar-refractivity contribution in [3.8, 4) is 0 Å². The summed E-state index contributed by atoms with van der Waals surface area (Å²) in [7, 11) is 0. The van der Waals surface area contributed by atoms with Crippen LogP contribution >= 0.6 is 11.6 Å². The third-order valence-electron chi connectivity index (χ3n) is 4.85. The molecule has 0 bridgehead atoms. The Labute approximate surface area is 202 Å². The summed E-state index contributed by atoms with van der Waals surface area (Å²) < 4.78 is 4.87. The van der Waals surface area contributed by atoms with Crippen molar-refractivity contribution >= 4 is 46.3 Å². The molecule has 0 aliphatic rings. The quantitative estimate of drug-likeness (QED) is 0.206. The number of carbonyl (C=O) groups is 3. The number of hydrogen-bond donors (Lipinski definition) is 1. The van der Waals surface area contributed by atoms with Crippen LogP contribution in [-0.4, -0.2) is 34.1 Å². The first kappa shape index (κ1) is 25.0. The smallest absolute Gasteiger partial charge is 0.339 e. The van der Waals surface area contributed by atoms with E-state index in [1.54, 1.807) is 30.3 Å². The van der Waals surface area contributed by atoms with Crippen LogP contribution in [0.15, 0.2) is 60.7 Å². The third kappa shape index (κ3) is 5.84. The van der Waals surface area contributed by atoms with Crippen molar-refractivity contribution < 1.29 is 29.0 Å². The van der Waals surface area contributed by atoms with Gasteiger partial charge in [0.25, 0.3) is 17.3 Å². The third-order valence-corrected chi connectivity index (χ3v) is 5.09. The molecule has 0 heterocycles. The molecule has 0 radical (unpaired) electrons. The number of benzene rings is 3. The van der Waals surface area contributed by atoms with Crippen LogP contribution in [0.2, 0.25) is 5.02 Å². The van der Waals surface area contributed by atoms with Crippen LogP contribution in [0.3, 0.4) is 0 Å². The lowest BCUT2D eigenvalue weighted by Gasteiger charge is -2.12. The number of hydrogen-bond acceptors (Lipinski definition) is 8. The highest BCUT2D eigenvalue weighted by Crippen LogP contribution is 2.30. The Hall–Kier alpha value is -4.64. The predicted octanol–water partition coefficient (Wildman–Crippen LogP) is 4.49. The topological polar surface area (TPSA) is 159 Å². The second-order valence-corrected chi connectivity index (χ2v) is 7.60. The van der Waals surface area contributed by atoms with Gasteiger partial charge in [-0.2, -0.15) is 0 Å². The van der Waals surface area contributed by atoms with Crippen molar-refractivity contribution in [1.82, 2.24) is 0 Å². The molecule has 3 aromatic carbocycles. The van der Waals surface area contributed by atoms with Crippen LogP contribution in [0.25, 0.3) is 0 Å². The minimum Gasteiger partial charge on any atom is -0.452 e. The summed E-state index contributed by atoms with van der Waals surface area (Å²) in [5, 5.41) is 25.1. The minimum absolute atomic E-state index is 0.105. The Bertz CT molecular complexity index is 1320. The van der Waals surface area contributed by atoms with Gasteiger partial charge < -0.3 is 10.1 Å². The summed E-state index contributed by atoms with van der Waals surface area (Å²) >= 11 is 6.01. The van der Waals surface area contributed by atoms with Crippen LogP contribution < -0.4 is 5.32 Å². The molecule has 178 valence electrons. The SMILES string of the molecule is Cc1c([N+](=O)[O-])cc(C(=O)OCC(=O)Nc2ccc(Cl)cc2C(=O)c2ccccc2)cc1[N+](=O)[O-]. The van der Waals surface area contributed by atoms with E-state index in [-0.39, 0.29) is 21.8 Å². The molecule has 11 nitrogen and oxygen atoms in total. The molecule has 0 aliphatic heterocycles. The number of nitrogens with zero attached hydrogens (tertiary/aromatic N) is 2. The average molecular weight is 498 g/mol. The molecule has 0 aromatic heterocycles. The monoisotopic (exact) mass is 497 g/mol. The number of ether oxygens (including phenoxy) is 1. The van der Waals surface area contributed by atoms with Gasteiger partial charge in [-0.25, -0.2) is 4.79 Å². The Morgan fingerprint density at radius 3 is 2.09 bits per heavy atom.